The van der Waals surface area contributed by atoms with E-state index in [9.17, 15) is 9.18 Å². The van der Waals surface area contributed by atoms with E-state index in [2.05, 4.69) is 10.3 Å². The smallest absolute Gasteiger partial charge is 0.220 e. The lowest BCUT2D eigenvalue weighted by molar-refractivity contribution is -0.121. The van der Waals surface area contributed by atoms with Crippen LogP contribution in [0.5, 0.6) is 0 Å². The molecule has 0 saturated heterocycles. The predicted molar refractivity (Wildman–Crippen MR) is 104 cm³/mol. The zero-order valence-electron chi connectivity index (χ0n) is 14.4. The van der Waals surface area contributed by atoms with Crippen molar-refractivity contribution in [1.82, 2.24) is 10.3 Å². The number of halogens is 1. The zero-order chi connectivity index (χ0) is 18.6. The van der Waals surface area contributed by atoms with Gasteiger partial charge in [0.05, 0.1) is 21.8 Å². The summed E-state index contributed by atoms with van der Waals surface area (Å²) in [7, 11) is 0. The molecule has 4 aromatic rings. The number of carbonyl (C=O) groups excluding carboxylic acids is 1. The van der Waals surface area contributed by atoms with E-state index in [1.54, 1.807) is 23.5 Å². The highest BCUT2D eigenvalue weighted by molar-refractivity contribution is 7.18. The molecule has 6 heteroatoms. The maximum atomic E-state index is 13.0. The molecule has 2 heterocycles. The molecule has 0 unspecified atom stereocenters. The molecule has 0 fully saturated rings. The SMILES string of the molecule is O=C(CCc1nc2ccccc2s1)NCc1ccc(-c2ccc(F)cc2)o1. The van der Waals surface area contributed by atoms with Crippen LogP contribution in [0.4, 0.5) is 4.39 Å². The number of rotatable bonds is 6. The molecule has 0 aliphatic heterocycles. The molecule has 4 rings (SSSR count). The van der Waals surface area contributed by atoms with Crippen molar-refractivity contribution in [2.75, 3.05) is 0 Å². The second kappa shape index (κ2) is 7.72. The van der Waals surface area contributed by atoms with Crippen LogP contribution < -0.4 is 5.32 Å². The maximum absolute atomic E-state index is 13.0. The van der Waals surface area contributed by atoms with Gasteiger partial charge in [-0.25, -0.2) is 9.37 Å². The van der Waals surface area contributed by atoms with Gasteiger partial charge >= 0.3 is 0 Å². The summed E-state index contributed by atoms with van der Waals surface area (Å²) in [5, 5.41) is 3.82. The first-order valence-corrected chi connectivity index (χ1v) is 9.45. The van der Waals surface area contributed by atoms with Crippen LogP contribution >= 0.6 is 11.3 Å². The summed E-state index contributed by atoms with van der Waals surface area (Å²) in [4.78, 5) is 16.6. The summed E-state index contributed by atoms with van der Waals surface area (Å²) in [5.41, 5.74) is 1.77. The Morgan fingerprint density at radius 2 is 1.89 bits per heavy atom. The van der Waals surface area contributed by atoms with E-state index in [1.165, 1.54) is 12.1 Å². The lowest BCUT2D eigenvalue weighted by Gasteiger charge is -2.02. The number of hydrogen-bond acceptors (Lipinski definition) is 4. The third-order valence-electron chi connectivity index (χ3n) is 4.15. The van der Waals surface area contributed by atoms with Crippen LogP contribution in [0.15, 0.2) is 65.1 Å². The fourth-order valence-electron chi connectivity index (χ4n) is 2.76. The number of nitrogens with zero attached hydrogens (tertiary/aromatic N) is 1. The molecule has 27 heavy (non-hydrogen) atoms. The molecule has 2 aromatic carbocycles. The molecule has 0 aliphatic carbocycles. The number of furan rings is 1. The number of para-hydroxylation sites is 1. The largest absolute Gasteiger partial charge is 0.459 e. The van der Waals surface area contributed by atoms with Crippen molar-refractivity contribution in [3.63, 3.8) is 0 Å². The van der Waals surface area contributed by atoms with E-state index < -0.39 is 0 Å². The van der Waals surface area contributed by atoms with E-state index in [1.807, 2.05) is 36.4 Å². The van der Waals surface area contributed by atoms with Gasteiger partial charge < -0.3 is 9.73 Å². The van der Waals surface area contributed by atoms with Crippen molar-refractivity contribution in [3.8, 4) is 11.3 Å². The molecule has 0 saturated carbocycles. The first kappa shape index (κ1) is 17.4. The van der Waals surface area contributed by atoms with Crippen molar-refractivity contribution >= 4 is 27.5 Å². The number of benzene rings is 2. The van der Waals surface area contributed by atoms with Gasteiger partial charge in [-0.2, -0.15) is 0 Å². The first-order valence-electron chi connectivity index (χ1n) is 8.63. The van der Waals surface area contributed by atoms with E-state index >= 15 is 0 Å². The molecule has 136 valence electrons. The highest BCUT2D eigenvalue weighted by Crippen LogP contribution is 2.23. The Bertz CT molecular complexity index is 1040. The van der Waals surface area contributed by atoms with Gasteiger partial charge in [0.25, 0.3) is 0 Å². The van der Waals surface area contributed by atoms with Crippen LogP contribution in [0, 0.1) is 5.82 Å². The van der Waals surface area contributed by atoms with E-state index in [-0.39, 0.29) is 11.7 Å². The summed E-state index contributed by atoms with van der Waals surface area (Å²) < 4.78 is 19.8. The fraction of sp³-hybridized carbons (Fsp3) is 0.143. The van der Waals surface area contributed by atoms with Gasteiger partial charge in [0.2, 0.25) is 5.91 Å². The van der Waals surface area contributed by atoms with Crippen LogP contribution in [0.25, 0.3) is 21.5 Å². The summed E-state index contributed by atoms with van der Waals surface area (Å²) >= 11 is 1.62. The van der Waals surface area contributed by atoms with Crippen molar-refractivity contribution in [3.05, 3.63) is 77.2 Å². The number of nitrogens with one attached hydrogen (secondary N) is 1. The molecule has 0 radical (unpaired) electrons. The molecule has 0 bridgehead atoms. The number of amides is 1. The average molecular weight is 380 g/mol. The first-order chi connectivity index (χ1) is 13.2. The highest BCUT2D eigenvalue weighted by Gasteiger charge is 2.09. The minimum atomic E-state index is -0.286. The fourth-order valence-corrected chi connectivity index (χ4v) is 3.73. The number of fused-ring (bicyclic) bond motifs is 1. The van der Waals surface area contributed by atoms with Crippen LogP contribution in [-0.4, -0.2) is 10.9 Å². The quantitative estimate of drug-likeness (QED) is 0.515. The van der Waals surface area contributed by atoms with Crippen molar-refractivity contribution in [2.24, 2.45) is 0 Å². The number of carbonyl (C=O) groups is 1. The van der Waals surface area contributed by atoms with Crippen LogP contribution in [0.2, 0.25) is 0 Å². The number of thiazole rings is 1. The predicted octanol–water partition coefficient (Wildman–Crippen LogP) is 4.94. The highest BCUT2D eigenvalue weighted by atomic mass is 32.1. The van der Waals surface area contributed by atoms with Gasteiger partial charge in [0.15, 0.2) is 0 Å². The Hall–Kier alpha value is -2.99. The molecule has 1 amide bonds. The Balaban J connectivity index is 1.29. The van der Waals surface area contributed by atoms with Gasteiger partial charge in [0, 0.05) is 18.4 Å². The summed E-state index contributed by atoms with van der Waals surface area (Å²) in [5.74, 6) is 0.969. The number of aryl methyl sites for hydroxylation is 1. The van der Waals surface area contributed by atoms with Gasteiger partial charge in [0.1, 0.15) is 17.3 Å². The minimum absolute atomic E-state index is 0.0472. The monoisotopic (exact) mass is 380 g/mol. The van der Waals surface area contributed by atoms with Crippen molar-refractivity contribution < 1.29 is 13.6 Å². The molecule has 2 aromatic heterocycles. The second-order valence-corrected chi connectivity index (χ2v) is 7.24. The molecular weight excluding hydrogens is 363 g/mol. The van der Waals surface area contributed by atoms with Gasteiger partial charge in [-0.3, -0.25) is 4.79 Å². The second-order valence-electron chi connectivity index (χ2n) is 6.12. The Morgan fingerprint density at radius 1 is 1.07 bits per heavy atom. The molecular formula is C21H17FN2O2S. The zero-order valence-corrected chi connectivity index (χ0v) is 15.3. The van der Waals surface area contributed by atoms with Crippen molar-refractivity contribution in [2.45, 2.75) is 19.4 Å². The number of aromatic nitrogens is 1. The van der Waals surface area contributed by atoms with Crippen LogP contribution in [0.1, 0.15) is 17.2 Å². The van der Waals surface area contributed by atoms with E-state index in [0.717, 1.165) is 20.8 Å². The van der Waals surface area contributed by atoms with Gasteiger partial charge in [-0.05, 0) is 48.5 Å². The molecule has 4 nitrogen and oxygen atoms in total. The van der Waals surface area contributed by atoms with E-state index in [4.69, 9.17) is 4.42 Å². The van der Waals surface area contributed by atoms with Crippen LogP contribution in [-0.2, 0) is 17.8 Å². The minimum Gasteiger partial charge on any atom is -0.459 e. The topological polar surface area (TPSA) is 55.1 Å². The lowest BCUT2D eigenvalue weighted by atomic mass is 10.2. The summed E-state index contributed by atoms with van der Waals surface area (Å²) in [6.45, 7) is 0.319. The van der Waals surface area contributed by atoms with Gasteiger partial charge in [-0.15, -0.1) is 11.3 Å². The molecule has 0 spiro atoms. The Kier molecular flexibility index (Phi) is 4.98. The Labute approximate surface area is 159 Å². The van der Waals surface area contributed by atoms with E-state index in [0.29, 0.717) is 30.9 Å². The summed E-state index contributed by atoms with van der Waals surface area (Å²) in [6, 6.07) is 17.7. The van der Waals surface area contributed by atoms with Crippen LogP contribution in [0.3, 0.4) is 0 Å². The molecule has 0 atom stereocenters. The molecule has 0 aliphatic rings. The van der Waals surface area contributed by atoms with Crippen molar-refractivity contribution in [1.29, 1.82) is 0 Å². The van der Waals surface area contributed by atoms with Gasteiger partial charge in [-0.1, -0.05) is 12.1 Å². The summed E-state index contributed by atoms with van der Waals surface area (Å²) in [6.07, 6.45) is 0.996. The average Bonchev–Trinajstić information content (AvgIpc) is 3.32. The lowest BCUT2D eigenvalue weighted by Crippen LogP contribution is -2.22. The molecule has 1 N–H and O–H groups in total. The third kappa shape index (κ3) is 4.23. The Morgan fingerprint density at radius 3 is 2.70 bits per heavy atom. The maximum Gasteiger partial charge on any atom is 0.220 e. The normalized spacial score (nSPS) is 11.0. The number of hydrogen-bond donors (Lipinski definition) is 1. The third-order valence-corrected chi connectivity index (χ3v) is 5.25. The standard InChI is InChI=1S/C21H17FN2O2S/c22-15-7-5-14(6-8-15)18-10-9-16(26-18)13-23-20(25)11-12-21-24-17-3-1-2-4-19(17)27-21/h1-10H,11-13H2,(H,23,25).